The van der Waals surface area contributed by atoms with Gasteiger partial charge in [0.15, 0.2) is 5.76 Å². The van der Waals surface area contributed by atoms with Crippen molar-refractivity contribution in [3.8, 4) is 17.1 Å². The number of carbonyl (C=O) groups excluding carboxylic acids is 2. The number of hydrogen-bond donors (Lipinski definition) is 1. The summed E-state index contributed by atoms with van der Waals surface area (Å²) in [5, 5.41) is 6.66. The van der Waals surface area contributed by atoms with Gasteiger partial charge in [0, 0.05) is 38.7 Å². The summed E-state index contributed by atoms with van der Waals surface area (Å²) in [4.78, 5) is 33.6. The summed E-state index contributed by atoms with van der Waals surface area (Å²) in [6.07, 6.45) is 4.35. The van der Waals surface area contributed by atoms with E-state index in [2.05, 4.69) is 20.4 Å². The molecule has 1 saturated heterocycles. The number of rotatable bonds is 12. The molecule has 11 heteroatoms. The Balaban J connectivity index is 1.02. The van der Waals surface area contributed by atoms with Crippen molar-refractivity contribution < 1.29 is 27.7 Å². The largest absolute Gasteiger partial charge is 0.493 e. The number of halogens is 1. The molecule has 0 radical (unpaired) electrons. The molecule has 10 nitrogen and oxygen atoms in total. The van der Waals surface area contributed by atoms with E-state index in [9.17, 15) is 14.0 Å². The second kappa shape index (κ2) is 14.6. The highest BCUT2D eigenvalue weighted by Crippen LogP contribution is 2.25. The summed E-state index contributed by atoms with van der Waals surface area (Å²) >= 11 is 0. The number of aryl methyl sites for hydroxylation is 2. The lowest BCUT2D eigenvalue weighted by Crippen LogP contribution is -2.48. The molecule has 4 aromatic rings. The fourth-order valence-electron chi connectivity index (χ4n) is 5.03. The number of hydrogen-bond acceptors (Lipinski definition) is 8. The molecule has 0 saturated carbocycles. The number of aromatic nitrogens is 2. The number of carbonyl (C=O) groups is 2. The zero-order valence-corrected chi connectivity index (χ0v) is 24.2. The molecule has 2 aromatic carbocycles. The topological polar surface area (TPSA) is 114 Å². The van der Waals surface area contributed by atoms with Crippen LogP contribution in [0.1, 0.15) is 41.8 Å². The van der Waals surface area contributed by atoms with Crippen molar-refractivity contribution in [1.82, 2.24) is 25.3 Å². The molecule has 2 aromatic heterocycles. The number of amides is 2. The van der Waals surface area contributed by atoms with E-state index < -0.39 is 17.8 Å². The summed E-state index contributed by atoms with van der Waals surface area (Å²) < 4.78 is 31.1. The van der Waals surface area contributed by atoms with Crippen LogP contribution >= 0.6 is 0 Å². The molecular formula is C32H36FN5O5. The average Bonchev–Trinajstić information content (AvgIpc) is 3.68. The van der Waals surface area contributed by atoms with Gasteiger partial charge >= 0.3 is 0 Å². The third-order valence-corrected chi connectivity index (χ3v) is 7.37. The normalized spacial score (nSPS) is 14.7. The van der Waals surface area contributed by atoms with E-state index in [0.717, 1.165) is 38.9 Å². The van der Waals surface area contributed by atoms with Crippen LogP contribution in [0.2, 0.25) is 0 Å². The van der Waals surface area contributed by atoms with E-state index in [-0.39, 0.29) is 23.1 Å². The van der Waals surface area contributed by atoms with E-state index in [1.54, 1.807) is 36.1 Å². The molecular weight excluding hydrogens is 553 g/mol. The van der Waals surface area contributed by atoms with Crippen molar-refractivity contribution in [3.05, 3.63) is 90.0 Å². The molecule has 5 rings (SSSR count). The molecule has 1 aliphatic rings. The zero-order chi connectivity index (χ0) is 30.0. The smallest absolute Gasteiger partial charge is 0.287 e. The molecule has 1 N–H and O–H groups in total. The van der Waals surface area contributed by atoms with Crippen LogP contribution in [0.5, 0.6) is 5.75 Å². The van der Waals surface area contributed by atoms with Gasteiger partial charge in [0.2, 0.25) is 17.6 Å². The summed E-state index contributed by atoms with van der Waals surface area (Å²) in [7, 11) is 0. The lowest BCUT2D eigenvalue weighted by atomic mass is 10.1. The Bertz CT molecular complexity index is 1480. The molecule has 1 fully saturated rings. The average molecular weight is 590 g/mol. The molecule has 226 valence electrons. The minimum absolute atomic E-state index is 0.111. The van der Waals surface area contributed by atoms with Crippen LogP contribution in [0, 0.1) is 5.82 Å². The highest BCUT2D eigenvalue weighted by molar-refractivity contribution is 5.95. The third kappa shape index (κ3) is 8.29. The Hall–Kier alpha value is -4.51. The van der Waals surface area contributed by atoms with Crippen LogP contribution < -0.4 is 10.1 Å². The van der Waals surface area contributed by atoms with E-state index in [0.29, 0.717) is 37.8 Å². The Morgan fingerprint density at radius 2 is 1.91 bits per heavy atom. The Morgan fingerprint density at radius 3 is 2.70 bits per heavy atom. The van der Waals surface area contributed by atoms with Gasteiger partial charge in [-0.05, 0) is 62.6 Å². The molecule has 0 aliphatic carbocycles. The molecule has 1 atom stereocenters. The number of furan rings is 1. The number of nitrogens with zero attached hydrogens (tertiary/aromatic N) is 4. The SMILES string of the molecule is C[C@H](NC(=O)c1ccco1)C(=O)N1CCCN(CCCOc2ccc(-c3noc(CCc4ccccc4)n3)c(F)c2)CC1. The van der Waals surface area contributed by atoms with Gasteiger partial charge in [-0.15, -0.1) is 0 Å². The number of benzene rings is 2. The van der Waals surface area contributed by atoms with Crippen molar-refractivity contribution in [2.45, 2.75) is 38.6 Å². The summed E-state index contributed by atoms with van der Waals surface area (Å²) in [6.45, 7) is 5.71. The van der Waals surface area contributed by atoms with Crippen molar-refractivity contribution in [2.75, 3.05) is 39.3 Å². The van der Waals surface area contributed by atoms with Crippen LogP contribution in [0.25, 0.3) is 11.4 Å². The second-order valence-corrected chi connectivity index (χ2v) is 10.5. The second-order valence-electron chi connectivity index (χ2n) is 10.5. The molecule has 3 heterocycles. The molecule has 0 spiro atoms. The lowest BCUT2D eigenvalue weighted by Gasteiger charge is -2.25. The van der Waals surface area contributed by atoms with Crippen molar-refractivity contribution in [2.24, 2.45) is 0 Å². The highest BCUT2D eigenvalue weighted by atomic mass is 19.1. The predicted molar refractivity (Wildman–Crippen MR) is 157 cm³/mol. The van der Waals surface area contributed by atoms with Crippen LogP contribution in [0.4, 0.5) is 4.39 Å². The summed E-state index contributed by atoms with van der Waals surface area (Å²) in [5.74, 6) is 0.307. The Labute approximate surface area is 249 Å². The first-order valence-corrected chi connectivity index (χ1v) is 14.6. The summed E-state index contributed by atoms with van der Waals surface area (Å²) in [5.41, 5.74) is 1.43. The van der Waals surface area contributed by atoms with Gasteiger partial charge in [-0.1, -0.05) is 35.5 Å². The maximum atomic E-state index is 14.9. The quantitative estimate of drug-likeness (QED) is 0.242. The fourth-order valence-corrected chi connectivity index (χ4v) is 5.03. The lowest BCUT2D eigenvalue weighted by molar-refractivity contribution is -0.132. The molecule has 43 heavy (non-hydrogen) atoms. The van der Waals surface area contributed by atoms with Gasteiger partial charge in [0.25, 0.3) is 5.91 Å². The minimum Gasteiger partial charge on any atom is -0.493 e. The van der Waals surface area contributed by atoms with Gasteiger partial charge in [-0.25, -0.2) is 4.39 Å². The maximum Gasteiger partial charge on any atom is 0.287 e. The van der Waals surface area contributed by atoms with Gasteiger partial charge < -0.3 is 28.8 Å². The van der Waals surface area contributed by atoms with E-state index >= 15 is 0 Å². The monoisotopic (exact) mass is 589 g/mol. The van der Waals surface area contributed by atoms with Crippen molar-refractivity contribution in [3.63, 3.8) is 0 Å². The predicted octanol–water partition coefficient (Wildman–Crippen LogP) is 4.38. The van der Waals surface area contributed by atoms with E-state index in [1.165, 1.54) is 17.9 Å². The maximum absolute atomic E-state index is 14.9. The summed E-state index contributed by atoms with van der Waals surface area (Å²) in [6, 6.07) is 17.2. The van der Waals surface area contributed by atoms with Gasteiger partial charge in [-0.2, -0.15) is 4.98 Å². The number of nitrogens with one attached hydrogen (secondary N) is 1. The molecule has 2 amide bonds. The van der Waals surface area contributed by atoms with Gasteiger partial charge in [0.05, 0.1) is 18.4 Å². The van der Waals surface area contributed by atoms with Crippen LogP contribution in [-0.2, 0) is 17.6 Å². The first kappa shape index (κ1) is 30.0. The Morgan fingerprint density at radius 1 is 1.05 bits per heavy atom. The van der Waals surface area contributed by atoms with Crippen LogP contribution in [0.15, 0.2) is 75.9 Å². The fraction of sp³-hybridized carbons (Fsp3) is 0.375. The Kier molecular flexibility index (Phi) is 10.2. The molecule has 0 unspecified atom stereocenters. The molecule has 1 aliphatic heterocycles. The highest BCUT2D eigenvalue weighted by Gasteiger charge is 2.25. The minimum atomic E-state index is -0.647. The number of ether oxygens (including phenoxy) is 1. The first-order chi connectivity index (χ1) is 21.0. The van der Waals surface area contributed by atoms with Gasteiger partial charge in [0.1, 0.15) is 17.6 Å². The van der Waals surface area contributed by atoms with Crippen LogP contribution in [0.3, 0.4) is 0 Å². The van der Waals surface area contributed by atoms with Crippen LogP contribution in [-0.4, -0.2) is 77.1 Å². The van der Waals surface area contributed by atoms with E-state index in [4.69, 9.17) is 13.7 Å². The van der Waals surface area contributed by atoms with Crippen molar-refractivity contribution in [1.29, 1.82) is 0 Å². The van der Waals surface area contributed by atoms with E-state index in [1.807, 2.05) is 30.3 Å². The molecule has 0 bridgehead atoms. The standard InChI is InChI=1S/C32H36FN5O5/c1-23(34-31(39)28-10-5-20-42-28)32(40)38-17-6-15-37(18-19-38)16-7-21-41-25-12-13-26(27(33)22-25)30-35-29(43-36-30)14-11-24-8-3-2-4-9-24/h2-5,8-10,12-13,20,22-23H,6-7,11,14-19,21H2,1H3,(H,34,39)/t23-/m0/s1. The zero-order valence-electron chi connectivity index (χ0n) is 24.2. The first-order valence-electron chi connectivity index (χ1n) is 14.6. The third-order valence-electron chi connectivity index (χ3n) is 7.37. The van der Waals surface area contributed by atoms with Gasteiger partial charge in [-0.3, -0.25) is 9.59 Å². The van der Waals surface area contributed by atoms with Crippen molar-refractivity contribution >= 4 is 11.8 Å².